The molecule has 0 unspecified atom stereocenters. The van der Waals surface area contributed by atoms with Gasteiger partial charge in [0.25, 0.3) is 5.91 Å². The minimum atomic E-state index is -0.435. The molecule has 2 amide bonds. The van der Waals surface area contributed by atoms with E-state index in [-0.39, 0.29) is 24.3 Å². The SMILES string of the molecule is CCOC(=O)c1cnc2ccc(/C=C3\SC(=Nc4cc(NC(=O)C(C)C)ccc4Cl)NC3=O)cc2c1N1CCOCC1. The quantitative estimate of drug-likeness (QED) is 0.271. The van der Waals surface area contributed by atoms with Gasteiger partial charge in [-0.05, 0) is 60.7 Å². The summed E-state index contributed by atoms with van der Waals surface area (Å²) in [6.45, 7) is 7.98. The average Bonchev–Trinajstić information content (AvgIpc) is 3.32. The van der Waals surface area contributed by atoms with Crippen LogP contribution in [0, 0.1) is 5.92 Å². The lowest BCUT2D eigenvalue weighted by atomic mass is 10.0. The van der Waals surface area contributed by atoms with Crippen molar-refractivity contribution in [2.24, 2.45) is 10.9 Å². The van der Waals surface area contributed by atoms with E-state index in [0.717, 1.165) is 22.2 Å². The van der Waals surface area contributed by atoms with Crippen LogP contribution in [-0.4, -0.2) is 60.8 Å². The number of halogens is 1. The highest BCUT2D eigenvalue weighted by molar-refractivity contribution is 8.18. The lowest BCUT2D eigenvalue weighted by molar-refractivity contribution is -0.119. The molecule has 2 aromatic carbocycles. The number of pyridine rings is 1. The van der Waals surface area contributed by atoms with Crippen LogP contribution in [0.2, 0.25) is 5.02 Å². The van der Waals surface area contributed by atoms with Gasteiger partial charge in [0, 0.05) is 36.3 Å². The number of nitrogens with one attached hydrogen (secondary N) is 2. The van der Waals surface area contributed by atoms with Crippen LogP contribution in [0.1, 0.15) is 36.7 Å². The van der Waals surface area contributed by atoms with Gasteiger partial charge in [0.2, 0.25) is 5.91 Å². The number of amides is 2. The van der Waals surface area contributed by atoms with Crippen LogP contribution in [0.5, 0.6) is 0 Å². The Bertz CT molecular complexity index is 1620. The second kappa shape index (κ2) is 12.9. The van der Waals surface area contributed by atoms with Gasteiger partial charge in [0.1, 0.15) is 5.56 Å². The lowest BCUT2D eigenvalue weighted by Crippen LogP contribution is -2.37. The summed E-state index contributed by atoms with van der Waals surface area (Å²) in [6.07, 6.45) is 3.32. The number of fused-ring (bicyclic) bond motifs is 1. The molecule has 0 radical (unpaired) electrons. The van der Waals surface area contributed by atoms with Crippen molar-refractivity contribution in [3.63, 3.8) is 0 Å². The number of ether oxygens (including phenoxy) is 2. The van der Waals surface area contributed by atoms with E-state index in [1.54, 1.807) is 51.2 Å². The summed E-state index contributed by atoms with van der Waals surface area (Å²) in [4.78, 5) is 49.4. The summed E-state index contributed by atoms with van der Waals surface area (Å²) >= 11 is 7.54. The van der Waals surface area contributed by atoms with Crippen molar-refractivity contribution in [2.75, 3.05) is 43.1 Å². The zero-order chi connectivity index (χ0) is 29.8. The van der Waals surface area contributed by atoms with E-state index < -0.39 is 5.97 Å². The predicted molar refractivity (Wildman–Crippen MR) is 166 cm³/mol. The molecule has 2 saturated heterocycles. The number of aromatic nitrogens is 1. The Hall–Kier alpha value is -3.93. The third kappa shape index (κ3) is 6.59. The molecule has 10 nitrogen and oxygen atoms in total. The lowest BCUT2D eigenvalue weighted by Gasteiger charge is -2.31. The highest BCUT2D eigenvalue weighted by Crippen LogP contribution is 2.35. The molecule has 1 aromatic heterocycles. The van der Waals surface area contributed by atoms with Crippen LogP contribution in [0.3, 0.4) is 0 Å². The number of carbonyl (C=O) groups excluding carboxylic acids is 3. The fourth-order valence-electron chi connectivity index (χ4n) is 4.48. The number of morpholine rings is 1. The van der Waals surface area contributed by atoms with E-state index in [4.69, 9.17) is 21.1 Å². The predicted octanol–water partition coefficient (Wildman–Crippen LogP) is 5.39. The van der Waals surface area contributed by atoms with Crippen LogP contribution in [0.25, 0.3) is 17.0 Å². The highest BCUT2D eigenvalue weighted by atomic mass is 35.5. The van der Waals surface area contributed by atoms with Gasteiger partial charge in [-0.1, -0.05) is 31.5 Å². The maximum absolute atomic E-state index is 12.9. The van der Waals surface area contributed by atoms with Gasteiger partial charge >= 0.3 is 5.97 Å². The Morgan fingerprint density at radius 1 is 1.24 bits per heavy atom. The summed E-state index contributed by atoms with van der Waals surface area (Å²) in [6, 6.07) is 10.7. The molecule has 3 aromatic rings. The van der Waals surface area contributed by atoms with Gasteiger partial charge in [-0.3, -0.25) is 14.6 Å². The number of benzene rings is 2. The molecule has 5 rings (SSSR count). The van der Waals surface area contributed by atoms with E-state index >= 15 is 0 Å². The molecule has 42 heavy (non-hydrogen) atoms. The summed E-state index contributed by atoms with van der Waals surface area (Å²) in [5.74, 6) is -1.04. The van der Waals surface area contributed by atoms with Crippen LogP contribution in [0.4, 0.5) is 17.1 Å². The van der Waals surface area contributed by atoms with E-state index in [0.29, 0.717) is 58.3 Å². The molecule has 2 fully saturated rings. The Balaban J connectivity index is 1.46. The number of esters is 1. The number of nitrogens with zero attached hydrogens (tertiary/aromatic N) is 3. The Morgan fingerprint density at radius 2 is 2.02 bits per heavy atom. The second-order valence-corrected chi connectivity index (χ2v) is 11.3. The van der Waals surface area contributed by atoms with Crippen molar-refractivity contribution in [1.29, 1.82) is 0 Å². The maximum Gasteiger partial charge on any atom is 0.341 e. The first-order chi connectivity index (χ1) is 20.2. The van der Waals surface area contributed by atoms with Gasteiger partial charge in [-0.15, -0.1) is 0 Å². The second-order valence-electron chi connectivity index (χ2n) is 9.91. The van der Waals surface area contributed by atoms with Crippen molar-refractivity contribution < 1.29 is 23.9 Å². The van der Waals surface area contributed by atoms with Crippen LogP contribution >= 0.6 is 23.4 Å². The van der Waals surface area contributed by atoms with Gasteiger partial charge in [0.15, 0.2) is 5.17 Å². The van der Waals surface area contributed by atoms with Gasteiger partial charge in [-0.2, -0.15) is 0 Å². The van der Waals surface area contributed by atoms with Crippen molar-refractivity contribution in [3.8, 4) is 0 Å². The monoisotopic (exact) mass is 607 g/mol. The minimum Gasteiger partial charge on any atom is -0.462 e. The molecule has 12 heteroatoms. The largest absolute Gasteiger partial charge is 0.462 e. The average molecular weight is 608 g/mol. The summed E-state index contributed by atoms with van der Waals surface area (Å²) in [5.41, 5.74) is 3.59. The van der Waals surface area contributed by atoms with Gasteiger partial charge in [-0.25, -0.2) is 9.79 Å². The summed E-state index contributed by atoms with van der Waals surface area (Å²) in [5, 5.41) is 7.13. The zero-order valence-electron chi connectivity index (χ0n) is 23.4. The molecule has 0 spiro atoms. The number of anilines is 2. The minimum absolute atomic E-state index is 0.124. The highest BCUT2D eigenvalue weighted by Gasteiger charge is 2.26. The van der Waals surface area contributed by atoms with E-state index in [1.807, 2.05) is 18.2 Å². The standard InChI is InChI=1S/C30H30ClN5O5S/c1-4-41-29(39)21-16-32-23-8-5-18(13-20(23)26(21)36-9-11-40-12-10-36)14-25-28(38)35-30(42-25)34-24-15-19(6-7-22(24)31)33-27(37)17(2)3/h5-8,13-17H,4,9-12H2,1-3H3,(H,33,37)(H,34,35,38)/b25-14-. The van der Waals surface area contributed by atoms with Crippen LogP contribution in [0.15, 0.2) is 52.5 Å². The first-order valence-electron chi connectivity index (χ1n) is 13.6. The van der Waals surface area contributed by atoms with Crippen molar-refractivity contribution in [2.45, 2.75) is 20.8 Å². The number of amidine groups is 1. The van der Waals surface area contributed by atoms with Crippen molar-refractivity contribution in [1.82, 2.24) is 10.3 Å². The van der Waals surface area contributed by atoms with Gasteiger partial charge in [0.05, 0.1) is 46.6 Å². The van der Waals surface area contributed by atoms with Gasteiger partial charge < -0.3 is 25.0 Å². The first kappa shape index (κ1) is 29.6. The molecular formula is C30H30ClN5O5S. The number of thioether (sulfide) groups is 1. The summed E-state index contributed by atoms with van der Waals surface area (Å²) in [7, 11) is 0. The molecule has 0 atom stereocenters. The molecular weight excluding hydrogens is 578 g/mol. The van der Waals surface area contributed by atoms with Crippen molar-refractivity contribution in [3.05, 3.63) is 63.6 Å². The Morgan fingerprint density at radius 3 is 2.76 bits per heavy atom. The maximum atomic E-state index is 12.9. The number of carbonyl (C=O) groups is 3. The van der Waals surface area contributed by atoms with E-state index in [2.05, 4.69) is 25.5 Å². The van der Waals surface area contributed by atoms with Crippen LogP contribution in [-0.2, 0) is 19.1 Å². The van der Waals surface area contributed by atoms with E-state index in [9.17, 15) is 14.4 Å². The normalized spacial score (nSPS) is 17.3. The number of rotatable bonds is 7. The molecule has 2 aliphatic rings. The smallest absolute Gasteiger partial charge is 0.341 e. The number of hydrogen-bond acceptors (Lipinski definition) is 9. The third-order valence-electron chi connectivity index (χ3n) is 6.59. The Kier molecular flexibility index (Phi) is 9.10. The molecule has 0 saturated carbocycles. The van der Waals surface area contributed by atoms with E-state index in [1.165, 1.54) is 11.8 Å². The molecule has 3 heterocycles. The number of aliphatic imine (C=N–C) groups is 1. The van der Waals surface area contributed by atoms with Crippen LogP contribution < -0.4 is 15.5 Å². The third-order valence-corrected chi connectivity index (χ3v) is 7.82. The number of hydrogen-bond donors (Lipinski definition) is 2. The molecule has 2 N–H and O–H groups in total. The zero-order valence-corrected chi connectivity index (χ0v) is 25.0. The fraction of sp³-hybridized carbons (Fsp3) is 0.300. The molecule has 0 aliphatic carbocycles. The topological polar surface area (TPSA) is 122 Å². The Labute approximate surface area is 252 Å². The first-order valence-corrected chi connectivity index (χ1v) is 14.8. The molecule has 0 bridgehead atoms. The fourth-order valence-corrected chi connectivity index (χ4v) is 5.47. The van der Waals surface area contributed by atoms with Crippen molar-refractivity contribution >= 4 is 80.4 Å². The summed E-state index contributed by atoms with van der Waals surface area (Å²) < 4.78 is 10.8. The molecule has 2 aliphatic heterocycles. The molecule has 218 valence electrons.